The van der Waals surface area contributed by atoms with E-state index in [-0.39, 0.29) is 0 Å². The van der Waals surface area contributed by atoms with E-state index < -0.39 is 0 Å². The first-order valence-corrected chi connectivity index (χ1v) is 6.63. The number of benzene rings is 1. The van der Waals surface area contributed by atoms with Crippen LogP contribution in [-0.4, -0.2) is 9.55 Å². The van der Waals surface area contributed by atoms with Crippen LogP contribution in [0.15, 0.2) is 30.3 Å². The molecule has 0 amide bonds. The second-order valence-corrected chi connectivity index (χ2v) is 5.08. The summed E-state index contributed by atoms with van der Waals surface area (Å²) in [7, 11) is 0. The maximum atomic E-state index is 6.21. The van der Waals surface area contributed by atoms with Crippen LogP contribution in [0.2, 0.25) is 0 Å². The van der Waals surface area contributed by atoms with Crippen molar-refractivity contribution >= 4 is 5.82 Å². The lowest BCUT2D eigenvalue weighted by molar-refractivity contribution is 0.720. The fourth-order valence-electron chi connectivity index (χ4n) is 2.50. The van der Waals surface area contributed by atoms with Crippen LogP contribution in [0.25, 0.3) is 0 Å². The van der Waals surface area contributed by atoms with Crippen LogP contribution < -0.4 is 5.73 Å². The van der Waals surface area contributed by atoms with Gasteiger partial charge in [-0.1, -0.05) is 30.3 Å². The molecular weight excluding hydrogens is 222 g/mol. The highest BCUT2D eigenvalue weighted by molar-refractivity contribution is 5.40. The Morgan fingerprint density at radius 3 is 2.61 bits per heavy atom. The third-order valence-corrected chi connectivity index (χ3v) is 3.61. The summed E-state index contributed by atoms with van der Waals surface area (Å²) < 4.78 is 2.21. The van der Waals surface area contributed by atoms with Crippen molar-refractivity contribution in [2.45, 2.75) is 38.6 Å². The van der Waals surface area contributed by atoms with Crippen LogP contribution >= 0.6 is 0 Å². The maximum Gasteiger partial charge on any atom is 0.127 e. The largest absolute Gasteiger partial charge is 0.384 e. The molecule has 0 spiro atoms. The smallest absolute Gasteiger partial charge is 0.127 e. The lowest BCUT2D eigenvalue weighted by Gasteiger charge is -2.05. The second-order valence-electron chi connectivity index (χ2n) is 5.08. The lowest BCUT2D eigenvalue weighted by Crippen LogP contribution is -2.03. The van der Waals surface area contributed by atoms with Crippen LogP contribution in [0, 0.1) is 6.92 Å². The van der Waals surface area contributed by atoms with E-state index in [9.17, 15) is 0 Å². The van der Waals surface area contributed by atoms with Crippen molar-refractivity contribution in [2.75, 3.05) is 5.73 Å². The average molecular weight is 241 g/mol. The fourth-order valence-corrected chi connectivity index (χ4v) is 2.50. The van der Waals surface area contributed by atoms with E-state index >= 15 is 0 Å². The molecule has 0 aliphatic heterocycles. The van der Waals surface area contributed by atoms with Gasteiger partial charge in [0.1, 0.15) is 11.6 Å². The number of hydrogen-bond donors (Lipinski definition) is 1. The number of nitrogen functional groups attached to an aromatic ring is 1. The minimum absolute atomic E-state index is 0.614. The number of imidazole rings is 1. The summed E-state index contributed by atoms with van der Waals surface area (Å²) in [5.41, 5.74) is 8.61. The molecule has 0 atom stereocenters. The Labute approximate surface area is 108 Å². The highest BCUT2D eigenvalue weighted by atomic mass is 15.2. The molecule has 94 valence electrons. The number of aryl methyl sites for hydroxylation is 3. The normalized spacial score (nSPS) is 14.9. The third-order valence-electron chi connectivity index (χ3n) is 3.61. The molecule has 18 heavy (non-hydrogen) atoms. The van der Waals surface area contributed by atoms with Gasteiger partial charge < -0.3 is 10.3 Å². The van der Waals surface area contributed by atoms with E-state index in [4.69, 9.17) is 5.73 Å². The lowest BCUT2D eigenvalue weighted by atomic mass is 10.1. The van der Waals surface area contributed by atoms with Crippen molar-refractivity contribution < 1.29 is 0 Å². The number of hydrogen-bond acceptors (Lipinski definition) is 2. The molecule has 2 N–H and O–H groups in total. The summed E-state index contributed by atoms with van der Waals surface area (Å²) >= 11 is 0. The quantitative estimate of drug-likeness (QED) is 0.894. The van der Waals surface area contributed by atoms with Crippen molar-refractivity contribution in [1.29, 1.82) is 0 Å². The van der Waals surface area contributed by atoms with E-state index in [0.717, 1.165) is 30.2 Å². The topological polar surface area (TPSA) is 43.8 Å². The number of nitrogens with two attached hydrogens (primary N) is 1. The van der Waals surface area contributed by atoms with Crippen LogP contribution in [0.4, 0.5) is 5.82 Å². The minimum atomic E-state index is 0.614. The number of nitrogens with zero attached hydrogens (tertiary/aromatic N) is 2. The van der Waals surface area contributed by atoms with E-state index in [1.54, 1.807) is 0 Å². The van der Waals surface area contributed by atoms with Gasteiger partial charge >= 0.3 is 0 Å². The molecule has 3 rings (SSSR count). The van der Waals surface area contributed by atoms with Crippen molar-refractivity contribution in [3.8, 4) is 0 Å². The van der Waals surface area contributed by atoms with Crippen LogP contribution in [0.3, 0.4) is 0 Å². The van der Waals surface area contributed by atoms with Gasteiger partial charge in [-0.25, -0.2) is 4.98 Å². The Hall–Kier alpha value is -1.77. The predicted octanol–water partition coefficient (Wildman–Crippen LogP) is 2.89. The molecule has 1 heterocycles. The van der Waals surface area contributed by atoms with E-state index in [2.05, 4.69) is 40.7 Å². The Morgan fingerprint density at radius 2 is 1.94 bits per heavy atom. The van der Waals surface area contributed by atoms with Crippen LogP contribution in [-0.2, 0) is 12.8 Å². The van der Waals surface area contributed by atoms with Crippen LogP contribution in [0.5, 0.6) is 0 Å². The van der Waals surface area contributed by atoms with Gasteiger partial charge in [-0.15, -0.1) is 0 Å². The highest BCUT2D eigenvalue weighted by Gasteiger charge is 2.28. The van der Waals surface area contributed by atoms with Gasteiger partial charge in [-0.05, 0) is 38.2 Å². The Bertz CT molecular complexity index is 538. The van der Waals surface area contributed by atoms with Gasteiger partial charge in [-0.2, -0.15) is 0 Å². The molecule has 0 radical (unpaired) electrons. The molecule has 0 saturated heterocycles. The molecule has 3 nitrogen and oxygen atoms in total. The summed E-state index contributed by atoms with van der Waals surface area (Å²) in [6.07, 6.45) is 4.43. The molecule has 2 aromatic rings. The zero-order chi connectivity index (χ0) is 12.5. The fraction of sp³-hybridized carbons (Fsp3) is 0.400. The number of rotatable bonds is 4. The second kappa shape index (κ2) is 4.48. The molecule has 0 unspecified atom stereocenters. The Kier molecular flexibility index (Phi) is 2.82. The van der Waals surface area contributed by atoms with Gasteiger partial charge in [0.15, 0.2) is 0 Å². The summed E-state index contributed by atoms with van der Waals surface area (Å²) in [5, 5.41) is 0. The molecule has 3 heteroatoms. The van der Waals surface area contributed by atoms with Crippen molar-refractivity contribution in [2.24, 2.45) is 0 Å². The van der Waals surface area contributed by atoms with Crippen LogP contribution in [0.1, 0.15) is 36.0 Å². The molecule has 1 aromatic carbocycles. The maximum absolute atomic E-state index is 6.21. The predicted molar refractivity (Wildman–Crippen MR) is 73.5 cm³/mol. The molecule has 1 aromatic heterocycles. The van der Waals surface area contributed by atoms with E-state index in [0.29, 0.717) is 6.04 Å². The highest BCUT2D eigenvalue weighted by Crippen LogP contribution is 2.38. The van der Waals surface area contributed by atoms with E-state index in [1.165, 1.54) is 18.4 Å². The van der Waals surface area contributed by atoms with Gasteiger partial charge in [0.05, 0.1) is 5.69 Å². The first-order valence-electron chi connectivity index (χ1n) is 6.63. The average Bonchev–Trinajstić information content (AvgIpc) is 3.16. The first kappa shape index (κ1) is 11.3. The standard InChI is InChI=1S/C15H19N3/c1-11-17-14(15(16)18(11)13-8-9-13)10-7-12-5-3-2-4-6-12/h2-6,13H,7-10,16H2,1H3. The van der Waals surface area contributed by atoms with Crippen molar-refractivity contribution in [3.63, 3.8) is 0 Å². The summed E-state index contributed by atoms with van der Waals surface area (Å²) in [4.78, 5) is 4.62. The zero-order valence-electron chi connectivity index (χ0n) is 10.8. The number of aromatic nitrogens is 2. The summed E-state index contributed by atoms with van der Waals surface area (Å²) in [6.45, 7) is 2.06. The molecule has 1 aliphatic carbocycles. The molecule has 1 aliphatic rings. The van der Waals surface area contributed by atoms with Gasteiger partial charge in [0, 0.05) is 6.04 Å². The van der Waals surface area contributed by atoms with Crippen molar-refractivity contribution in [1.82, 2.24) is 9.55 Å². The first-order chi connectivity index (χ1) is 8.75. The third kappa shape index (κ3) is 2.13. The van der Waals surface area contributed by atoms with Crippen molar-refractivity contribution in [3.05, 3.63) is 47.4 Å². The molecular formula is C15H19N3. The Morgan fingerprint density at radius 1 is 1.22 bits per heavy atom. The van der Waals surface area contributed by atoms with Gasteiger partial charge in [-0.3, -0.25) is 0 Å². The summed E-state index contributed by atoms with van der Waals surface area (Å²) in [6, 6.07) is 11.1. The van der Waals surface area contributed by atoms with E-state index in [1.807, 2.05) is 6.07 Å². The minimum Gasteiger partial charge on any atom is -0.384 e. The zero-order valence-corrected chi connectivity index (χ0v) is 10.8. The summed E-state index contributed by atoms with van der Waals surface area (Å²) in [5.74, 6) is 1.95. The molecule has 0 bridgehead atoms. The molecule has 1 saturated carbocycles. The Balaban J connectivity index is 1.75. The molecule has 1 fully saturated rings. The monoisotopic (exact) mass is 241 g/mol. The SMILES string of the molecule is Cc1nc(CCc2ccccc2)c(N)n1C1CC1. The van der Waals surface area contributed by atoms with Gasteiger partial charge in [0.25, 0.3) is 0 Å². The van der Waals surface area contributed by atoms with Gasteiger partial charge in [0.2, 0.25) is 0 Å². The number of anilines is 1.